The van der Waals surface area contributed by atoms with Gasteiger partial charge in [-0.2, -0.15) is 0 Å². The van der Waals surface area contributed by atoms with Gasteiger partial charge in [-0.15, -0.1) is 6.58 Å². The van der Waals surface area contributed by atoms with Gasteiger partial charge in [0.25, 0.3) is 0 Å². The van der Waals surface area contributed by atoms with E-state index in [4.69, 9.17) is 5.11 Å². The highest BCUT2D eigenvalue weighted by atomic mass is 16.4. The molecule has 5 heteroatoms. The summed E-state index contributed by atoms with van der Waals surface area (Å²) in [4.78, 5) is 24.5. The quantitative estimate of drug-likeness (QED) is 0.507. The van der Waals surface area contributed by atoms with Crippen molar-refractivity contribution in [1.82, 2.24) is 10.2 Å². The number of aliphatic carboxylic acids is 1. The van der Waals surface area contributed by atoms with Crippen LogP contribution in [-0.2, 0) is 4.79 Å². The average molecular weight is 296 g/mol. The number of piperidine rings is 1. The Kier molecular flexibility index (Phi) is 8.55. The van der Waals surface area contributed by atoms with Gasteiger partial charge in [0.15, 0.2) is 0 Å². The molecule has 0 atom stereocenters. The molecule has 2 N–H and O–H groups in total. The normalized spacial score (nSPS) is 15.7. The van der Waals surface area contributed by atoms with Crippen LogP contribution in [0, 0.1) is 5.92 Å². The van der Waals surface area contributed by atoms with Crippen LogP contribution in [0.25, 0.3) is 0 Å². The highest BCUT2D eigenvalue weighted by molar-refractivity contribution is 5.75. The first kappa shape index (κ1) is 17.5. The first-order valence-electron chi connectivity index (χ1n) is 8.01. The van der Waals surface area contributed by atoms with Crippen LogP contribution in [0.2, 0.25) is 0 Å². The molecule has 0 aromatic carbocycles. The largest absolute Gasteiger partial charge is 0.481 e. The average Bonchev–Trinajstić information content (AvgIpc) is 2.49. The summed E-state index contributed by atoms with van der Waals surface area (Å²) in [6.45, 7) is 5.50. The van der Waals surface area contributed by atoms with Crippen LogP contribution < -0.4 is 5.32 Å². The van der Waals surface area contributed by atoms with Crippen LogP contribution in [0.5, 0.6) is 0 Å². The second-order valence-electron chi connectivity index (χ2n) is 5.68. The van der Waals surface area contributed by atoms with E-state index in [-0.39, 0.29) is 11.9 Å². The zero-order valence-electron chi connectivity index (χ0n) is 12.9. The minimum absolute atomic E-state index is 0.0505. The summed E-state index contributed by atoms with van der Waals surface area (Å²) in [5.74, 6) is -1.03. The zero-order chi connectivity index (χ0) is 15.5. The molecule has 1 saturated heterocycles. The van der Waals surface area contributed by atoms with E-state index in [2.05, 4.69) is 11.9 Å². The summed E-state index contributed by atoms with van der Waals surface area (Å²) in [6, 6.07) is -0.0505. The minimum Gasteiger partial charge on any atom is -0.481 e. The molecule has 0 radical (unpaired) electrons. The standard InChI is InChI=1S/C16H28N2O3/c1-2-3-4-5-6-7-8-11-17-16(21)18-12-9-14(10-13-18)15(19)20/h2,14H,1,3-13H2,(H,17,21)(H,19,20). The molecule has 0 spiro atoms. The number of carboxylic acid groups (broad SMARTS) is 1. The van der Waals surface area contributed by atoms with E-state index >= 15 is 0 Å². The lowest BCUT2D eigenvalue weighted by molar-refractivity contribution is -0.143. The predicted molar refractivity (Wildman–Crippen MR) is 83.2 cm³/mol. The van der Waals surface area contributed by atoms with Crippen LogP contribution in [-0.4, -0.2) is 41.6 Å². The number of nitrogens with one attached hydrogen (secondary N) is 1. The van der Waals surface area contributed by atoms with E-state index in [0.717, 1.165) is 19.3 Å². The number of carbonyl (C=O) groups is 2. The lowest BCUT2D eigenvalue weighted by Crippen LogP contribution is -2.45. The van der Waals surface area contributed by atoms with Gasteiger partial charge in [-0.05, 0) is 32.1 Å². The maximum absolute atomic E-state index is 11.9. The van der Waals surface area contributed by atoms with Gasteiger partial charge in [-0.1, -0.05) is 25.3 Å². The molecule has 21 heavy (non-hydrogen) atoms. The van der Waals surface area contributed by atoms with Gasteiger partial charge in [-0.25, -0.2) is 4.79 Å². The molecule has 120 valence electrons. The Morgan fingerprint density at radius 2 is 1.76 bits per heavy atom. The topological polar surface area (TPSA) is 69.6 Å². The molecule has 0 aromatic heterocycles. The number of urea groups is 1. The summed E-state index contributed by atoms with van der Waals surface area (Å²) >= 11 is 0. The highest BCUT2D eigenvalue weighted by Gasteiger charge is 2.26. The van der Waals surface area contributed by atoms with Gasteiger partial charge in [0, 0.05) is 19.6 Å². The van der Waals surface area contributed by atoms with Gasteiger partial charge >= 0.3 is 12.0 Å². The highest BCUT2D eigenvalue weighted by Crippen LogP contribution is 2.17. The number of hydrogen-bond acceptors (Lipinski definition) is 2. The fraction of sp³-hybridized carbons (Fsp3) is 0.750. The third kappa shape index (κ3) is 7.16. The van der Waals surface area contributed by atoms with Crippen LogP contribution in [0.3, 0.4) is 0 Å². The van der Waals surface area contributed by atoms with Crippen molar-refractivity contribution in [2.75, 3.05) is 19.6 Å². The van der Waals surface area contributed by atoms with Crippen molar-refractivity contribution in [2.24, 2.45) is 5.92 Å². The van der Waals surface area contributed by atoms with Gasteiger partial charge in [0.1, 0.15) is 0 Å². The molecule has 5 nitrogen and oxygen atoms in total. The fourth-order valence-corrected chi connectivity index (χ4v) is 2.58. The van der Waals surface area contributed by atoms with Crippen molar-refractivity contribution in [3.63, 3.8) is 0 Å². The minimum atomic E-state index is -0.744. The van der Waals surface area contributed by atoms with Crippen LogP contribution >= 0.6 is 0 Å². The van der Waals surface area contributed by atoms with Crippen molar-refractivity contribution < 1.29 is 14.7 Å². The Hall–Kier alpha value is -1.52. The van der Waals surface area contributed by atoms with Crippen molar-refractivity contribution in [3.05, 3.63) is 12.7 Å². The summed E-state index contributed by atoms with van der Waals surface area (Å²) in [5, 5.41) is 11.8. The molecule has 1 aliphatic heterocycles. The molecular formula is C16H28N2O3. The number of nitrogens with zero attached hydrogens (tertiary/aromatic N) is 1. The third-order valence-corrected chi connectivity index (χ3v) is 3.99. The number of rotatable bonds is 9. The molecule has 1 aliphatic rings. The second kappa shape index (κ2) is 10.2. The maximum atomic E-state index is 11.9. The first-order chi connectivity index (χ1) is 10.1. The lowest BCUT2D eigenvalue weighted by Gasteiger charge is -2.30. The fourth-order valence-electron chi connectivity index (χ4n) is 2.58. The molecule has 1 fully saturated rings. The van der Waals surface area contributed by atoms with Gasteiger partial charge in [0.2, 0.25) is 0 Å². The maximum Gasteiger partial charge on any atom is 0.317 e. The van der Waals surface area contributed by atoms with E-state index in [9.17, 15) is 9.59 Å². The van der Waals surface area contributed by atoms with Crippen LogP contribution in [0.15, 0.2) is 12.7 Å². The van der Waals surface area contributed by atoms with E-state index in [1.54, 1.807) is 4.90 Å². The molecule has 0 aliphatic carbocycles. The summed E-state index contributed by atoms with van der Waals surface area (Å²) in [5.41, 5.74) is 0. The zero-order valence-corrected chi connectivity index (χ0v) is 12.9. The lowest BCUT2D eigenvalue weighted by atomic mass is 9.97. The van der Waals surface area contributed by atoms with E-state index < -0.39 is 5.97 Å². The smallest absolute Gasteiger partial charge is 0.317 e. The molecule has 0 unspecified atom stereocenters. The Morgan fingerprint density at radius 1 is 1.14 bits per heavy atom. The molecule has 0 saturated carbocycles. The number of carbonyl (C=O) groups excluding carboxylic acids is 1. The van der Waals surface area contributed by atoms with E-state index in [1.807, 2.05) is 6.08 Å². The number of unbranched alkanes of at least 4 members (excludes halogenated alkanes) is 5. The monoisotopic (exact) mass is 296 g/mol. The number of likely N-dealkylation sites (tertiary alicyclic amines) is 1. The van der Waals surface area contributed by atoms with Gasteiger partial charge in [0.05, 0.1) is 5.92 Å². The van der Waals surface area contributed by atoms with Crippen molar-refractivity contribution in [3.8, 4) is 0 Å². The predicted octanol–water partition coefficient (Wildman–Crippen LogP) is 3.02. The molecule has 2 amide bonds. The molecule has 1 heterocycles. The molecule has 1 rings (SSSR count). The third-order valence-electron chi connectivity index (χ3n) is 3.99. The Balaban J connectivity index is 2.01. The number of allylic oxidation sites excluding steroid dienone is 1. The molecule has 0 bridgehead atoms. The van der Waals surface area contributed by atoms with Gasteiger partial charge < -0.3 is 15.3 Å². The van der Waals surface area contributed by atoms with Crippen molar-refractivity contribution in [1.29, 1.82) is 0 Å². The van der Waals surface area contributed by atoms with E-state index in [0.29, 0.717) is 32.5 Å². The summed E-state index contributed by atoms with van der Waals surface area (Å²) < 4.78 is 0. The molecular weight excluding hydrogens is 268 g/mol. The Bertz CT molecular complexity index is 336. The van der Waals surface area contributed by atoms with E-state index in [1.165, 1.54) is 19.3 Å². The number of carboxylic acids is 1. The summed E-state index contributed by atoms with van der Waals surface area (Å²) in [7, 11) is 0. The van der Waals surface area contributed by atoms with Gasteiger partial charge in [-0.3, -0.25) is 4.79 Å². The Labute approximate surface area is 127 Å². The van der Waals surface area contributed by atoms with Crippen LogP contribution in [0.1, 0.15) is 51.4 Å². The molecule has 0 aromatic rings. The summed E-state index contributed by atoms with van der Waals surface area (Å²) in [6.07, 6.45) is 9.93. The Morgan fingerprint density at radius 3 is 2.38 bits per heavy atom. The number of hydrogen-bond donors (Lipinski definition) is 2. The first-order valence-corrected chi connectivity index (χ1v) is 8.01. The second-order valence-corrected chi connectivity index (χ2v) is 5.68. The number of amides is 2. The van der Waals surface area contributed by atoms with Crippen molar-refractivity contribution >= 4 is 12.0 Å². The van der Waals surface area contributed by atoms with Crippen LogP contribution in [0.4, 0.5) is 4.79 Å². The van der Waals surface area contributed by atoms with Crippen molar-refractivity contribution in [2.45, 2.75) is 51.4 Å². The SMILES string of the molecule is C=CCCCCCCCNC(=O)N1CCC(C(=O)O)CC1.